The Labute approximate surface area is 121 Å². The van der Waals surface area contributed by atoms with Gasteiger partial charge in [-0.3, -0.25) is 9.79 Å². The summed E-state index contributed by atoms with van der Waals surface area (Å²) < 4.78 is 75.8. The Morgan fingerprint density at radius 3 is 2.38 bits per heavy atom. The number of aliphatic imine (C=N–C) groups is 1. The Hall–Kier alpha value is -1.38. The largest absolute Gasteiger partial charge is 0.499 e. The quantitative estimate of drug-likeness (QED) is 0.451. The molecule has 0 aliphatic carbocycles. The smallest absolute Gasteiger partial charge is 0.412 e. The number of methoxy groups -OCH3 is 1. The molecular weight excluding hydrogens is 325 g/mol. The van der Waals surface area contributed by atoms with Crippen molar-refractivity contribution in [3.8, 4) is 0 Å². The van der Waals surface area contributed by atoms with Gasteiger partial charge >= 0.3 is 17.5 Å². The minimum absolute atomic E-state index is 0.418. The van der Waals surface area contributed by atoms with Gasteiger partial charge in [-0.05, 0) is 24.6 Å². The molecule has 1 rings (SSSR count). The number of nitrogens with zero attached hydrogens (tertiary/aromatic N) is 1. The third-order valence-electron chi connectivity index (χ3n) is 2.83. The molecule has 0 fully saturated rings. The second-order valence-electron chi connectivity index (χ2n) is 4.00. The number of allylic oxidation sites excluding steroid dienone is 1. The molecule has 0 amide bonds. The number of carbonyl (C=O) groups excluding carboxylic acids is 1. The highest BCUT2D eigenvalue weighted by atomic mass is 35.5. The zero-order valence-electron chi connectivity index (χ0n) is 10.9. The van der Waals surface area contributed by atoms with Crippen LogP contribution in [-0.2, 0) is 14.3 Å². The summed E-state index contributed by atoms with van der Waals surface area (Å²) in [6.45, 7) is 0.835. The Bertz CT molecular complexity index is 471. The number of alkyl halides is 6. The fourth-order valence-electron chi connectivity index (χ4n) is 2.00. The fourth-order valence-corrected chi connectivity index (χ4v) is 2.28. The van der Waals surface area contributed by atoms with E-state index in [1.165, 1.54) is 6.92 Å². The van der Waals surface area contributed by atoms with E-state index in [9.17, 15) is 26.7 Å². The van der Waals surface area contributed by atoms with Crippen molar-refractivity contribution in [2.45, 2.75) is 24.5 Å². The van der Waals surface area contributed by atoms with Gasteiger partial charge in [-0.2, -0.15) is 22.0 Å². The maximum absolute atomic E-state index is 13.8. The lowest BCUT2D eigenvalue weighted by atomic mass is 9.76. The maximum atomic E-state index is 13.8. The predicted molar refractivity (Wildman–Crippen MR) is 63.3 cm³/mol. The number of carbonyl (C=O) groups is 1. The van der Waals surface area contributed by atoms with Crippen molar-refractivity contribution in [3.63, 3.8) is 0 Å². The fraction of sp³-hybridized carbons (Fsp3) is 0.636. The molecule has 0 bridgehead atoms. The monoisotopic (exact) mass is 335 g/mol. The van der Waals surface area contributed by atoms with Gasteiger partial charge in [0.1, 0.15) is 5.76 Å². The lowest BCUT2D eigenvalue weighted by Crippen LogP contribution is -2.60. The van der Waals surface area contributed by atoms with Gasteiger partial charge in [0, 0.05) is 6.21 Å². The molecule has 21 heavy (non-hydrogen) atoms. The van der Waals surface area contributed by atoms with Crippen LogP contribution in [0, 0.1) is 5.41 Å². The molecule has 0 aromatic rings. The predicted octanol–water partition coefficient (Wildman–Crippen LogP) is 2.91. The van der Waals surface area contributed by atoms with E-state index in [-0.39, 0.29) is 0 Å². The van der Waals surface area contributed by atoms with Gasteiger partial charge in [0.05, 0.1) is 13.7 Å². The molecule has 0 aromatic carbocycles. The third-order valence-corrected chi connectivity index (χ3v) is 3.13. The molecule has 10 heteroatoms. The van der Waals surface area contributed by atoms with E-state index in [4.69, 9.17) is 11.6 Å². The van der Waals surface area contributed by atoms with E-state index in [1.807, 2.05) is 0 Å². The number of esters is 1. The molecule has 4 nitrogen and oxygen atoms in total. The molecule has 0 saturated heterocycles. The molecule has 2 atom stereocenters. The number of ether oxygens (including phenoxy) is 2. The Morgan fingerprint density at radius 1 is 1.43 bits per heavy atom. The summed E-state index contributed by atoms with van der Waals surface area (Å²) in [6, 6.07) is -3.13. The molecule has 1 aliphatic heterocycles. The topological polar surface area (TPSA) is 47.9 Å². The van der Waals surface area contributed by atoms with Crippen molar-refractivity contribution in [3.05, 3.63) is 11.8 Å². The summed E-state index contributed by atoms with van der Waals surface area (Å²) in [4.78, 5) is 14.9. The summed E-state index contributed by atoms with van der Waals surface area (Å²) >= 11 is 4.84. The van der Waals surface area contributed by atoms with Crippen LogP contribution in [0.15, 0.2) is 16.8 Å². The highest BCUT2D eigenvalue weighted by molar-refractivity contribution is 6.24. The van der Waals surface area contributed by atoms with Crippen LogP contribution in [0.5, 0.6) is 0 Å². The van der Waals surface area contributed by atoms with E-state index in [1.54, 1.807) is 0 Å². The average molecular weight is 336 g/mol. The number of rotatable bonds is 4. The van der Waals surface area contributed by atoms with Gasteiger partial charge in [-0.25, -0.2) is 0 Å². The number of halogens is 6. The van der Waals surface area contributed by atoms with E-state index < -0.39 is 41.4 Å². The van der Waals surface area contributed by atoms with Gasteiger partial charge in [0.25, 0.3) is 0 Å². The summed E-state index contributed by atoms with van der Waals surface area (Å²) in [5.41, 5.74) is -3.62. The first kappa shape index (κ1) is 17.7. The summed E-state index contributed by atoms with van der Waals surface area (Å²) in [7, 11) is 0.842. The van der Waals surface area contributed by atoms with Crippen LogP contribution in [0.4, 0.5) is 22.0 Å². The van der Waals surface area contributed by atoms with Crippen LogP contribution in [0.1, 0.15) is 6.92 Å². The van der Waals surface area contributed by atoms with Crippen LogP contribution in [-0.4, -0.2) is 43.5 Å². The zero-order chi connectivity index (χ0) is 16.5. The molecule has 1 heterocycles. The SMILES string of the molecule is CCOC(=O)C1(C(F)(F)Cl)C(OC)=CC=NC1C(F)(F)F. The normalized spacial score (nSPS) is 26.3. The first-order chi connectivity index (χ1) is 9.53. The van der Waals surface area contributed by atoms with E-state index in [0.717, 1.165) is 13.2 Å². The van der Waals surface area contributed by atoms with Crippen LogP contribution in [0.25, 0.3) is 0 Å². The summed E-state index contributed by atoms with van der Waals surface area (Å²) in [6.07, 6.45) is -3.92. The highest BCUT2D eigenvalue weighted by Crippen LogP contribution is 2.55. The maximum Gasteiger partial charge on any atom is 0.412 e. The molecule has 120 valence electrons. The van der Waals surface area contributed by atoms with Crippen molar-refractivity contribution in [2.24, 2.45) is 10.4 Å². The number of hydrogen-bond donors (Lipinski definition) is 0. The lowest BCUT2D eigenvalue weighted by Gasteiger charge is -2.41. The van der Waals surface area contributed by atoms with Gasteiger partial charge in [0.15, 0.2) is 6.04 Å². The van der Waals surface area contributed by atoms with E-state index in [2.05, 4.69) is 14.5 Å². The van der Waals surface area contributed by atoms with Gasteiger partial charge < -0.3 is 9.47 Å². The first-order valence-electron chi connectivity index (χ1n) is 5.62. The van der Waals surface area contributed by atoms with Gasteiger partial charge in [-0.15, -0.1) is 0 Å². The molecule has 0 N–H and O–H groups in total. The van der Waals surface area contributed by atoms with Crippen LogP contribution >= 0.6 is 11.6 Å². The van der Waals surface area contributed by atoms with Crippen molar-refractivity contribution in [1.29, 1.82) is 0 Å². The first-order valence-corrected chi connectivity index (χ1v) is 5.99. The van der Waals surface area contributed by atoms with Crippen molar-refractivity contribution in [1.82, 2.24) is 0 Å². The molecule has 0 spiro atoms. The van der Waals surface area contributed by atoms with Gasteiger partial charge in [-0.1, -0.05) is 0 Å². The molecule has 1 aliphatic rings. The summed E-state index contributed by atoms with van der Waals surface area (Å²) in [5.74, 6) is -2.84. The van der Waals surface area contributed by atoms with Crippen LogP contribution in [0.2, 0.25) is 0 Å². The minimum Gasteiger partial charge on any atom is -0.499 e. The zero-order valence-corrected chi connectivity index (χ0v) is 11.6. The van der Waals surface area contributed by atoms with Crippen molar-refractivity contribution < 1.29 is 36.2 Å². The Balaban J connectivity index is 3.62. The highest BCUT2D eigenvalue weighted by Gasteiger charge is 2.74. The summed E-state index contributed by atoms with van der Waals surface area (Å²) in [5, 5.41) is -4.64. The molecule has 0 aromatic heterocycles. The number of hydrogen-bond acceptors (Lipinski definition) is 4. The van der Waals surface area contributed by atoms with E-state index in [0.29, 0.717) is 6.21 Å². The van der Waals surface area contributed by atoms with Gasteiger partial charge in [0.2, 0.25) is 5.41 Å². The molecular formula is C11H11ClF5NO3. The van der Waals surface area contributed by atoms with Crippen LogP contribution in [0.3, 0.4) is 0 Å². The van der Waals surface area contributed by atoms with Crippen LogP contribution < -0.4 is 0 Å². The van der Waals surface area contributed by atoms with Crippen molar-refractivity contribution >= 4 is 23.8 Å². The average Bonchev–Trinajstić information content (AvgIpc) is 2.35. The van der Waals surface area contributed by atoms with E-state index >= 15 is 0 Å². The Morgan fingerprint density at radius 2 is 2.00 bits per heavy atom. The molecule has 0 saturated carbocycles. The molecule has 2 unspecified atom stereocenters. The lowest BCUT2D eigenvalue weighted by molar-refractivity contribution is -0.216. The van der Waals surface area contributed by atoms with Crippen molar-refractivity contribution in [2.75, 3.05) is 13.7 Å². The standard InChI is InChI=1S/C11H11ClF5NO3/c1-3-21-8(19)9(11(12,16)17)6(20-2)4-5-18-7(9)10(13,14)15/h4-5,7H,3H2,1-2H3. The second kappa shape index (κ2) is 5.78. The minimum atomic E-state index is -5.26. The second-order valence-corrected chi connectivity index (χ2v) is 4.48. The third kappa shape index (κ3) is 2.83. The number of dihydropyridines is 1. The Kier molecular flexibility index (Phi) is 4.87. The molecule has 0 radical (unpaired) electrons.